The summed E-state index contributed by atoms with van der Waals surface area (Å²) in [6.07, 6.45) is 0. The number of piperazine rings is 1. The second-order valence-electron chi connectivity index (χ2n) is 9.24. The summed E-state index contributed by atoms with van der Waals surface area (Å²) in [5.74, 6) is -1.10. The lowest BCUT2D eigenvalue weighted by Crippen LogP contribution is -2.52. The number of carboxylic acids is 1. The Morgan fingerprint density at radius 1 is 0.971 bits per heavy atom. The molecule has 0 bridgehead atoms. The van der Waals surface area contributed by atoms with E-state index in [4.69, 9.17) is 0 Å². The van der Waals surface area contributed by atoms with Crippen LogP contribution < -0.4 is 14.5 Å². The number of aryl methyl sites for hydroxylation is 3. The predicted molar refractivity (Wildman–Crippen MR) is 140 cm³/mol. The molecular weight excluding hydrogens is 462 g/mol. The van der Waals surface area contributed by atoms with Crippen LogP contribution in [-0.2, 0) is 10.0 Å². The number of hydrogen-bond donors (Lipinski definition) is 2. The third-order valence-corrected chi connectivity index (χ3v) is 7.94. The van der Waals surface area contributed by atoms with E-state index in [1.807, 2.05) is 19.1 Å². The predicted octanol–water partition coefficient (Wildman–Crippen LogP) is 4.83. The smallest absolute Gasteiger partial charge is 0.337 e. The van der Waals surface area contributed by atoms with Gasteiger partial charge in [0, 0.05) is 37.1 Å². The van der Waals surface area contributed by atoms with Crippen LogP contribution in [0.3, 0.4) is 0 Å². The molecule has 7 nitrogen and oxygen atoms in total. The molecule has 1 aliphatic heterocycles. The van der Waals surface area contributed by atoms with Gasteiger partial charge in [-0.2, -0.15) is 0 Å². The average molecular weight is 494 g/mol. The van der Waals surface area contributed by atoms with Gasteiger partial charge in [-0.25, -0.2) is 13.2 Å². The Bertz CT molecular complexity index is 1370. The summed E-state index contributed by atoms with van der Waals surface area (Å²) in [5, 5.41) is 9.93. The highest BCUT2D eigenvalue weighted by atomic mass is 32.2. The molecule has 1 fully saturated rings. The molecule has 1 atom stereocenters. The average Bonchev–Trinajstić information content (AvgIpc) is 2.80. The number of hydrogen-bond acceptors (Lipinski definition) is 5. The zero-order valence-electron chi connectivity index (χ0n) is 20.4. The monoisotopic (exact) mass is 493 g/mol. The van der Waals surface area contributed by atoms with E-state index in [0.29, 0.717) is 24.3 Å². The van der Waals surface area contributed by atoms with E-state index in [-0.39, 0.29) is 22.2 Å². The van der Waals surface area contributed by atoms with E-state index < -0.39 is 16.0 Å². The second kappa shape index (κ2) is 9.62. The molecule has 4 rings (SSSR count). The number of sulfonamides is 1. The molecule has 0 aliphatic carbocycles. The highest BCUT2D eigenvalue weighted by molar-refractivity contribution is 7.92. The van der Waals surface area contributed by atoms with Crippen molar-refractivity contribution in [3.05, 3.63) is 82.9 Å². The largest absolute Gasteiger partial charge is 0.478 e. The van der Waals surface area contributed by atoms with Crippen LogP contribution in [0.4, 0.5) is 17.1 Å². The molecule has 0 unspecified atom stereocenters. The van der Waals surface area contributed by atoms with Crippen molar-refractivity contribution < 1.29 is 18.3 Å². The van der Waals surface area contributed by atoms with Crippen LogP contribution >= 0.6 is 0 Å². The normalized spacial score (nSPS) is 16.3. The number of anilines is 3. The number of rotatable bonds is 6. The van der Waals surface area contributed by atoms with Crippen LogP contribution in [0, 0.1) is 20.8 Å². The van der Waals surface area contributed by atoms with Crippen LogP contribution in [0.15, 0.2) is 65.6 Å². The third kappa shape index (κ3) is 5.27. The lowest BCUT2D eigenvalue weighted by atomic mass is 10.1. The van der Waals surface area contributed by atoms with Gasteiger partial charge < -0.3 is 14.9 Å². The van der Waals surface area contributed by atoms with Gasteiger partial charge in [-0.3, -0.25) is 4.72 Å². The standard InChI is InChI=1S/C27H31N3O4S/c1-18-6-5-7-23(14-18)30-13-12-29(17-21(30)4)25-11-10-22(16-24(25)27(31)32)28-35(33,34)26-15-19(2)8-9-20(26)3/h5-11,14-16,21,28H,12-13,17H2,1-4H3,(H,31,32)/t21-/m1/s1. The minimum atomic E-state index is -3.86. The summed E-state index contributed by atoms with van der Waals surface area (Å²) in [7, 11) is -3.86. The molecule has 1 heterocycles. The van der Waals surface area contributed by atoms with Crippen molar-refractivity contribution in [2.75, 3.05) is 34.2 Å². The molecule has 0 amide bonds. The minimum Gasteiger partial charge on any atom is -0.478 e. The van der Waals surface area contributed by atoms with Crippen LogP contribution in [0.25, 0.3) is 0 Å². The summed E-state index contributed by atoms with van der Waals surface area (Å²) in [6, 6.07) is 18.5. The fraction of sp³-hybridized carbons (Fsp3) is 0.296. The first-order valence-electron chi connectivity index (χ1n) is 11.6. The maximum Gasteiger partial charge on any atom is 0.337 e. The highest BCUT2D eigenvalue weighted by Gasteiger charge is 2.27. The molecule has 0 spiro atoms. The number of nitrogens with one attached hydrogen (secondary N) is 1. The van der Waals surface area contributed by atoms with Gasteiger partial charge in [0.05, 0.1) is 16.1 Å². The van der Waals surface area contributed by atoms with Crippen molar-refractivity contribution in [3.63, 3.8) is 0 Å². The summed E-state index contributed by atoms with van der Waals surface area (Å²) in [4.78, 5) is 16.7. The van der Waals surface area contributed by atoms with Gasteiger partial charge >= 0.3 is 5.97 Å². The molecule has 184 valence electrons. The Morgan fingerprint density at radius 2 is 1.71 bits per heavy atom. The van der Waals surface area contributed by atoms with Gasteiger partial charge in [-0.05, 0) is 80.8 Å². The fourth-order valence-corrected chi connectivity index (χ4v) is 6.00. The Kier molecular flexibility index (Phi) is 6.76. The maximum atomic E-state index is 13.0. The Morgan fingerprint density at radius 3 is 2.40 bits per heavy atom. The van der Waals surface area contributed by atoms with Gasteiger partial charge in [-0.15, -0.1) is 0 Å². The third-order valence-electron chi connectivity index (χ3n) is 6.41. The molecule has 8 heteroatoms. The minimum absolute atomic E-state index is 0.0716. The van der Waals surface area contributed by atoms with E-state index in [1.165, 1.54) is 11.6 Å². The summed E-state index contributed by atoms with van der Waals surface area (Å²) in [6.45, 7) is 9.83. The Balaban J connectivity index is 1.58. The zero-order valence-corrected chi connectivity index (χ0v) is 21.3. The van der Waals surface area contributed by atoms with E-state index >= 15 is 0 Å². The van der Waals surface area contributed by atoms with Gasteiger partial charge in [0.25, 0.3) is 10.0 Å². The summed E-state index contributed by atoms with van der Waals surface area (Å²) >= 11 is 0. The molecule has 0 saturated carbocycles. The van der Waals surface area contributed by atoms with E-state index in [1.54, 1.807) is 31.2 Å². The van der Waals surface area contributed by atoms with Gasteiger partial charge in [0.1, 0.15) is 0 Å². The molecular formula is C27H31N3O4S. The van der Waals surface area contributed by atoms with E-state index in [9.17, 15) is 18.3 Å². The van der Waals surface area contributed by atoms with Crippen molar-refractivity contribution in [1.82, 2.24) is 0 Å². The second-order valence-corrected chi connectivity index (χ2v) is 10.9. The van der Waals surface area contributed by atoms with Gasteiger partial charge in [0.15, 0.2) is 0 Å². The summed E-state index contributed by atoms with van der Waals surface area (Å²) < 4.78 is 28.6. The van der Waals surface area contributed by atoms with Crippen molar-refractivity contribution in [2.45, 2.75) is 38.6 Å². The molecule has 3 aromatic carbocycles. The Hall–Kier alpha value is -3.52. The quantitative estimate of drug-likeness (QED) is 0.511. The van der Waals surface area contributed by atoms with Crippen molar-refractivity contribution in [1.29, 1.82) is 0 Å². The van der Waals surface area contributed by atoms with Crippen molar-refractivity contribution >= 4 is 33.1 Å². The molecule has 35 heavy (non-hydrogen) atoms. The van der Waals surface area contributed by atoms with Gasteiger partial charge in [0.2, 0.25) is 0 Å². The lowest BCUT2D eigenvalue weighted by molar-refractivity contribution is 0.0697. The lowest BCUT2D eigenvalue weighted by Gasteiger charge is -2.42. The van der Waals surface area contributed by atoms with Crippen LogP contribution in [0.5, 0.6) is 0 Å². The number of benzene rings is 3. The molecule has 0 radical (unpaired) electrons. The Labute approximate surface area is 207 Å². The number of aromatic carboxylic acids is 1. The first-order chi connectivity index (χ1) is 16.5. The van der Waals surface area contributed by atoms with Crippen LogP contribution in [0.2, 0.25) is 0 Å². The van der Waals surface area contributed by atoms with Crippen LogP contribution in [0.1, 0.15) is 34.0 Å². The van der Waals surface area contributed by atoms with E-state index in [0.717, 1.165) is 17.8 Å². The highest BCUT2D eigenvalue weighted by Crippen LogP contribution is 2.30. The maximum absolute atomic E-state index is 13.0. The fourth-order valence-electron chi connectivity index (χ4n) is 4.62. The first kappa shape index (κ1) is 24.6. The number of carbonyl (C=O) groups is 1. The number of nitrogens with zero attached hydrogens (tertiary/aromatic N) is 2. The molecule has 2 N–H and O–H groups in total. The SMILES string of the molecule is Cc1cccc(N2CCN(c3ccc(NS(=O)(=O)c4cc(C)ccc4C)cc3C(=O)O)C[C@H]2C)c1. The van der Waals surface area contributed by atoms with Gasteiger partial charge in [-0.1, -0.05) is 24.3 Å². The molecule has 1 saturated heterocycles. The first-order valence-corrected chi connectivity index (χ1v) is 13.1. The number of carboxylic acid groups (broad SMARTS) is 1. The van der Waals surface area contributed by atoms with Crippen molar-refractivity contribution in [3.8, 4) is 0 Å². The summed E-state index contributed by atoms with van der Waals surface area (Å²) in [5.41, 5.74) is 4.69. The molecule has 3 aromatic rings. The molecule has 1 aliphatic rings. The van der Waals surface area contributed by atoms with Crippen molar-refractivity contribution in [2.24, 2.45) is 0 Å². The molecule has 0 aromatic heterocycles. The zero-order chi connectivity index (χ0) is 25.3. The van der Waals surface area contributed by atoms with E-state index in [2.05, 4.69) is 46.6 Å². The van der Waals surface area contributed by atoms with Crippen LogP contribution in [-0.4, -0.2) is 45.2 Å². The topological polar surface area (TPSA) is 90.0 Å².